The third-order valence-electron chi connectivity index (χ3n) is 4.28. The lowest BCUT2D eigenvalue weighted by Gasteiger charge is -2.28. The van der Waals surface area contributed by atoms with Crippen LogP contribution in [-0.4, -0.2) is 37.0 Å². The zero-order valence-corrected chi connectivity index (χ0v) is 15.2. The molecule has 0 saturated heterocycles. The van der Waals surface area contributed by atoms with Gasteiger partial charge in [0.25, 0.3) is 0 Å². The summed E-state index contributed by atoms with van der Waals surface area (Å²) in [6.45, 7) is 0.0768. The van der Waals surface area contributed by atoms with Crippen LogP contribution in [0.25, 0.3) is 5.57 Å². The van der Waals surface area contributed by atoms with Crippen LogP contribution in [0, 0.1) is 5.82 Å². The van der Waals surface area contributed by atoms with Crippen molar-refractivity contribution in [2.45, 2.75) is 50.9 Å². The van der Waals surface area contributed by atoms with Crippen molar-refractivity contribution in [2.75, 3.05) is 6.61 Å². The zero-order chi connectivity index (χ0) is 20.7. The number of nitrogens with one attached hydrogen (secondary N) is 1. The number of allylic oxidation sites excluding steroid dienone is 1. The summed E-state index contributed by atoms with van der Waals surface area (Å²) < 4.78 is 58.4. The molecule has 5 nitrogen and oxygen atoms in total. The highest BCUT2D eigenvalue weighted by atomic mass is 19.4. The number of hydrogen-bond acceptors (Lipinski definition) is 4. The van der Waals surface area contributed by atoms with Gasteiger partial charge in [-0.2, -0.15) is 13.2 Å². The van der Waals surface area contributed by atoms with Crippen molar-refractivity contribution in [3.63, 3.8) is 0 Å². The molecule has 28 heavy (non-hydrogen) atoms. The van der Waals surface area contributed by atoms with E-state index in [9.17, 15) is 27.2 Å². The van der Waals surface area contributed by atoms with Gasteiger partial charge in [-0.25, -0.2) is 14.0 Å². The van der Waals surface area contributed by atoms with Crippen molar-refractivity contribution < 1.29 is 36.6 Å². The summed E-state index contributed by atoms with van der Waals surface area (Å²) in [6, 6.07) is 5.39. The Morgan fingerprint density at radius 1 is 1.14 bits per heavy atom. The second kappa shape index (κ2) is 9.57. The van der Waals surface area contributed by atoms with Crippen LogP contribution in [0.2, 0.25) is 0 Å². The van der Waals surface area contributed by atoms with Gasteiger partial charge in [0.15, 0.2) is 6.61 Å². The second-order valence-corrected chi connectivity index (χ2v) is 6.58. The molecule has 0 bridgehead atoms. The molecule has 1 amide bonds. The first kappa shape index (κ1) is 21.7. The Kier molecular flexibility index (Phi) is 7.42. The smallest absolute Gasteiger partial charge is 0.422 e. The summed E-state index contributed by atoms with van der Waals surface area (Å²) in [4.78, 5) is 23.4. The van der Waals surface area contributed by atoms with E-state index in [4.69, 9.17) is 4.74 Å². The molecule has 1 fully saturated rings. The highest BCUT2D eigenvalue weighted by Gasteiger charge is 2.30. The third kappa shape index (κ3) is 7.58. The summed E-state index contributed by atoms with van der Waals surface area (Å²) in [5.41, 5.74) is 1.33. The number of halogens is 4. The van der Waals surface area contributed by atoms with Crippen molar-refractivity contribution in [3.8, 4) is 0 Å². The summed E-state index contributed by atoms with van der Waals surface area (Å²) in [6.07, 6.45) is -2.84. The van der Waals surface area contributed by atoms with Crippen LogP contribution in [0.3, 0.4) is 0 Å². The van der Waals surface area contributed by atoms with Gasteiger partial charge in [-0.1, -0.05) is 12.1 Å². The van der Waals surface area contributed by atoms with Crippen molar-refractivity contribution in [3.05, 3.63) is 41.7 Å². The number of carbonyl (C=O) groups excluding carboxylic acids is 2. The molecule has 9 heteroatoms. The van der Waals surface area contributed by atoms with Gasteiger partial charge >= 0.3 is 18.2 Å². The number of esters is 1. The van der Waals surface area contributed by atoms with E-state index >= 15 is 0 Å². The first-order chi connectivity index (χ1) is 13.1. The molecule has 2 rings (SSSR count). The highest BCUT2D eigenvalue weighted by molar-refractivity contribution is 5.91. The molecule has 1 aliphatic rings. The second-order valence-electron chi connectivity index (χ2n) is 6.58. The van der Waals surface area contributed by atoms with Gasteiger partial charge in [-0.05, 0) is 55.9 Å². The van der Waals surface area contributed by atoms with Gasteiger partial charge < -0.3 is 14.8 Å². The fourth-order valence-corrected chi connectivity index (χ4v) is 2.85. The molecular weight excluding hydrogens is 382 g/mol. The quantitative estimate of drug-likeness (QED) is 0.450. The minimum absolute atomic E-state index is 0.327. The molecule has 1 aromatic rings. The van der Waals surface area contributed by atoms with Crippen LogP contribution < -0.4 is 5.32 Å². The van der Waals surface area contributed by atoms with Crippen molar-refractivity contribution >= 4 is 17.6 Å². The summed E-state index contributed by atoms with van der Waals surface area (Å²) in [5.74, 6) is -0.894. The molecule has 0 heterocycles. The number of amides is 1. The molecule has 0 atom stereocenters. The number of ether oxygens (including phenoxy) is 2. The van der Waals surface area contributed by atoms with E-state index in [1.54, 1.807) is 19.1 Å². The molecule has 1 saturated carbocycles. The van der Waals surface area contributed by atoms with Crippen molar-refractivity contribution in [1.82, 2.24) is 5.32 Å². The van der Waals surface area contributed by atoms with Gasteiger partial charge in [-0.15, -0.1) is 0 Å². The topological polar surface area (TPSA) is 64.6 Å². The number of carbonyl (C=O) groups is 2. The lowest BCUT2D eigenvalue weighted by molar-refractivity contribution is -0.160. The molecular formula is C19H21F4NO4. The van der Waals surface area contributed by atoms with E-state index in [1.165, 1.54) is 18.2 Å². The van der Waals surface area contributed by atoms with Gasteiger partial charge in [-0.3, -0.25) is 0 Å². The van der Waals surface area contributed by atoms with E-state index in [-0.39, 0.29) is 18.0 Å². The third-order valence-corrected chi connectivity index (χ3v) is 4.28. The summed E-state index contributed by atoms with van der Waals surface area (Å²) in [7, 11) is 0. The predicted molar refractivity (Wildman–Crippen MR) is 92.7 cm³/mol. The number of rotatable bonds is 5. The molecule has 0 spiro atoms. The number of alkyl halides is 3. The van der Waals surface area contributed by atoms with Crippen LogP contribution >= 0.6 is 0 Å². The minimum Gasteiger partial charge on any atom is -0.459 e. The van der Waals surface area contributed by atoms with Crippen LogP contribution in [0.15, 0.2) is 30.3 Å². The standard InChI is InChI=1S/C19H21F4NO4/c1-12(13-2-4-14(20)5-3-13)10-17(25)28-16-8-6-15(7-9-16)24-18(26)27-11-19(21,22)23/h2-5,10,15-16H,6-9,11H2,1H3,(H,24,26). The van der Waals surface area contributed by atoms with Gasteiger partial charge in [0.2, 0.25) is 0 Å². The van der Waals surface area contributed by atoms with E-state index in [2.05, 4.69) is 10.1 Å². The molecule has 0 aliphatic heterocycles. The molecule has 1 N–H and O–H groups in total. The Labute approximate surface area is 159 Å². The number of alkyl carbamates (subject to hydrolysis) is 1. The Morgan fingerprint density at radius 3 is 2.32 bits per heavy atom. The highest BCUT2D eigenvalue weighted by Crippen LogP contribution is 2.23. The lowest BCUT2D eigenvalue weighted by atomic mass is 9.93. The average Bonchev–Trinajstić information content (AvgIpc) is 2.61. The van der Waals surface area contributed by atoms with Crippen LogP contribution in [0.4, 0.5) is 22.4 Å². The van der Waals surface area contributed by atoms with E-state index < -0.39 is 24.8 Å². The molecule has 0 radical (unpaired) electrons. The van der Waals surface area contributed by atoms with Gasteiger partial charge in [0.1, 0.15) is 11.9 Å². The Balaban J connectivity index is 1.74. The molecule has 0 unspecified atom stereocenters. The fourth-order valence-electron chi connectivity index (χ4n) is 2.85. The minimum atomic E-state index is -4.57. The van der Waals surface area contributed by atoms with E-state index in [1.807, 2.05) is 0 Å². The van der Waals surface area contributed by atoms with Crippen molar-refractivity contribution in [1.29, 1.82) is 0 Å². The van der Waals surface area contributed by atoms with E-state index in [0.717, 1.165) is 0 Å². The van der Waals surface area contributed by atoms with E-state index in [0.29, 0.717) is 36.8 Å². The van der Waals surface area contributed by atoms with Crippen molar-refractivity contribution in [2.24, 2.45) is 0 Å². The number of hydrogen-bond donors (Lipinski definition) is 1. The average molecular weight is 403 g/mol. The Morgan fingerprint density at radius 2 is 1.75 bits per heavy atom. The maximum absolute atomic E-state index is 12.9. The first-order valence-electron chi connectivity index (χ1n) is 8.77. The maximum Gasteiger partial charge on any atom is 0.422 e. The van der Waals surface area contributed by atoms with Crippen LogP contribution in [0.1, 0.15) is 38.2 Å². The predicted octanol–water partition coefficient (Wildman–Crippen LogP) is 4.37. The van der Waals surface area contributed by atoms with Gasteiger partial charge in [0.05, 0.1) is 0 Å². The lowest BCUT2D eigenvalue weighted by Crippen LogP contribution is -2.40. The Bertz CT molecular complexity index is 708. The van der Waals surface area contributed by atoms with Crippen LogP contribution in [0.5, 0.6) is 0 Å². The molecule has 154 valence electrons. The molecule has 1 aliphatic carbocycles. The summed E-state index contributed by atoms with van der Waals surface area (Å²) >= 11 is 0. The first-order valence-corrected chi connectivity index (χ1v) is 8.77. The molecule has 0 aromatic heterocycles. The van der Waals surface area contributed by atoms with Crippen LogP contribution in [-0.2, 0) is 14.3 Å². The fraction of sp³-hybridized carbons (Fsp3) is 0.474. The van der Waals surface area contributed by atoms with Gasteiger partial charge in [0, 0.05) is 12.1 Å². The molecule has 1 aromatic carbocycles. The SMILES string of the molecule is CC(=CC(=O)OC1CCC(NC(=O)OCC(F)(F)F)CC1)c1ccc(F)cc1. The zero-order valence-electron chi connectivity index (χ0n) is 15.2. The monoisotopic (exact) mass is 403 g/mol. The largest absolute Gasteiger partial charge is 0.459 e. The normalized spacial score (nSPS) is 20.4. The maximum atomic E-state index is 12.9. The Hall–Kier alpha value is -2.58. The number of benzene rings is 1. The summed E-state index contributed by atoms with van der Waals surface area (Å²) in [5, 5.41) is 2.38.